The molecular formula is C11H13Cl3NO-. The molecule has 0 aliphatic carbocycles. The van der Waals surface area contributed by atoms with Crippen molar-refractivity contribution in [2.75, 3.05) is 11.9 Å². The smallest absolute Gasteiger partial charge is 0.0531 e. The first-order chi connectivity index (χ1) is 7.41. The summed E-state index contributed by atoms with van der Waals surface area (Å²) in [7, 11) is 0. The first-order valence-electron chi connectivity index (χ1n) is 4.95. The minimum Gasteiger partial charge on any atom is -0.870 e. The maximum absolute atomic E-state index is 11.6. The van der Waals surface area contributed by atoms with Crippen LogP contribution in [-0.2, 0) is 0 Å². The van der Waals surface area contributed by atoms with Crippen LogP contribution < -0.4 is 10.4 Å². The van der Waals surface area contributed by atoms with E-state index < -0.39 is 0 Å². The van der Waals surface area contributed by atoms with Gasteiger partial charge in [0.1, 0.15) is 0 Å². The summed E-state index contributed by atoms with van der Waals surface area (Å²) in [5.74, 6) is 0.0811. The van der Waals surface area contributed by atoms with Crippen LogP contribution in [0.4, 0.5) is 5.69 Å². The van der Waals surface area contributed by atoms with Crippen LogP contribution in [0.1, 0.15) is 13.8 Å². The third-order valence-electron chi connectivity index (χ3n) is 2.22. The molecule has 0 radical (unpaired) electrons. The maximum atomic E-state index is 11.6. The summed E-state index contributed by atoms with van der Waals surface area (Å²) in [6.45, 7) is 4.54. The quantitative estimate of drug-likeness (QED) is 0.853. The Bertz CT molecular complexity index is 368. The highest BCUT2D eigenvalue weighted by molar-refractivity contribution is 6.36. The molecule has 0 saturated heterocycles. The van der Waals surface area contributed by atoms with E-state index in [2.05, 4.69) is 5.32 Å². The lowest BCUT2D eigenvalue weighted by Gasteiger charge is -2.20. The number of nitrogens with one attached hydrogen (secondary N) is 1. The summed E-state index contributed by atoms with van der Waals surface area (Å²) < 4.78 is 0. The molecule has 0 aliphatic heterocycles. The van der Waals surface area contributed by atoms with Crippen molar-refractivity contribution in [3.63, 3.8) is 0 Å². The third kappa shape index (κ3) is 3.62. The Morgan fingerprint density at radius 3 is 2.50 bits per heavy atom. The molecule has 1 N–H and O–H groups in total. The number of rotatable bonds is 4. The highest BCUT2D eigenvalue weighted by Crippen LogP contribution is 2.32. The van der Waals surface area contributed by atoms with Crippen molar-refractivity contribution in [1.82, 2.24) is 0 Å². The lowest BCUT2D eigenvalue weighted by molar-refractivity contribution is -0.266. The van der Waals surface area contributed by atoms with Gasteiger partial charge in [0, 0.05) is 22.3 Å². The molecule has 0 spiro atoms. The standard InChI is InChI=1S/C11H14Cl3NO/c1-6(2)9(14)5-15-10-4-7(12)3-8(13)11(10)16/h3-4,6,9,15-16H,5H2,1-2H3/p-1/t9-/m1/s1. The lowest BCUT2D eigenvalue weighted by atomic mass is 10.1. The number of benzene rings is 1. The minimum absolute atomic E-state index is 0.0443. The maximum Gasteiger partial charge on any atom is 0.0531 e. The van der Waals surface area contributed by atoms with Gasteiger partial charge < -0.3 is 10.4 Å². The summed E-state index contributed by atoms with van der Waals surface area (Å²) in [6.07, 6.45) is 0. The van der Waals surface area contributed by atoms with E-state index in [0.717, 1.165) is 0 Å². The van der Waals surface area contributed by atoms with E-state index in [0.29, 0.717) is 23.2 Å². The first kappa shape index (κ1) is 13.8. The van der Waals surface area contributed by atoms with Crippen LogP contribution in [0.15, 0.2) is 12.1 Å². The van der Waals surface area contributed by atoms with Crippen LogP contribution >= 0.6 is 34.8 Å². The van der Waals surface area contributed by atoms with E-state index in [1.54, 1.807) is 6.07 Å². The van der Waals surface area contributed by atoms with Gasteiger partial charge in [-0.1, -0.05) is 42.8 Å². The zero-order valence-corrected chi connectivity index (χ0v) is 11.3. The molecule has 90 valence electrons. The van der Waals surface area contributed by atoms with Gasteiger partial charge in [-0.2, -0.15) is 0 Å². The SMILES string of the molecule is CC(C)[C@H](Cl)CNc1cc(Cl)cc(Cl)c1[O-]. The van der Waals surface area contributed by atoms with Crippen LogP contribution in [0.25, 0.3) is 0 Å². The van der Waals surface area contributed by atoms with E-state index >= 15 is 0 Å². The second kappa shape index (κ2) is 5.85. The monoisotopic (exact) mass is 280 g/mol. The highest BCUT2D eigenvalue weighted by Gasteiger charge is 2.09. The molecule has 16 heavy (non-hydrogen) atoms. The summed E-state index contributed by atoms with van der Waals surface area (Å²) in [4.78, 5) is 0. The third-order valence-corrected chi connectivity index (χ3v) is 3.38. The second-order valence-corrected chi connectivity index (χ2v) is 5.31. The van der Waals surface area contributed by atoms with Crippen molar-refractivity contribution in [3.8, 4) is 5.75 Å². The largest absolute Gasteiger partial charge is 0.870 e. The normalized spacial score (nSPS) is 12.9. The molecule has 1 atom stereocenters. The molecule has 0 heterocycles. The molecule has 0 fully saturated rings. The fourth-order valence-electron chi connectivity index (χ4n) is 1.13. The number of hydrogen-bond donors (Lipinski definition) is 1. The van der Waals surface area contributed by atoms with Crippen LogP contribution in [-0.4, -0.2) is 11.9 Å². The molecule has 0 saturated carbocycles. The molecule has 1 rings (SSSR count). The fourth-order valence-corrected chi connectivity index (χ4v) is 1.71. The van der Waals surface area contributed by atoms with Crippen LogP contribution in [0.2, 0.25) is 10.0 Å². The Balaban J connectivity index is 2.74. The van der Waals surface area contributed by atoms with Gasteiger partial charge in [-0.05, 0) is 18.1 Å². The number of hydrogen-bond acceptors (Lipinski definition) is 2. The number of halogens is 3. The van der Waals surface area contributed by atoms with Gasteiger partial charge in [0.25, 0.3) is 0 Å². The average Bonchev–Trinajstić information content (AvgIpc) is 2.20. The molecule has 0 unspecified atom stereocenters. The van der Waals surface area contributed by atoms with E-state index in [-0.39, 0.29) is 16.1 Å². The summed E-state index contributed by atoms with van der Waals surface area (Å²) in [6, 6.07) is 2.98. The zero-order chi connectivity index (χ0) is 12.3. The van der Waals surface area contributed by atoms with E-state index in [1.807, 2.05) is 13.8 Å². The molecule has 0 aromatic heterocycles. The molecule has 0 bridgehead atoms. The van der Waals surface area contributed by atoms with Crippen molar-refractivity contribution in [3.05, 3.63) is 22.2 Å². The Hall–Kier alpha value is -0.310. The number of alkyl halides is 1. The Kier molecular flexibility index (Phi) is 5.03. The highest BCUT2D eigenvalue weighted by atomic mass is 35.5. The van der Waals surface area contributed by atoms with Crippen molar-refractivity contribution in [2.24, 2.45) is 5.92 Å². The average molecular weight is 282 g/mol. The van der Waals surface area contributed by atoms with Crippen molar-refractivity contribution in [1.29, 1.82) is 0 Å². The van der Waals surface area contributed by atoms with Crippen LogP contribution in [0, 0.1) is 5.92 Å². The summed E-state index contributed by atoms with van der Waals surface area (Å²) in [5, 5.41) is 15.1. The van der Waals surface area contributed by atoms with E-state index in [1.165, 1.54) is 6.07 Å². The van der Waals surface area contributed by atoms with Crippen molar-refractivity contribution < 1.29 is 5.11 Å². The van der Waals surface area contributed by atoms with E-state index in [9.17, 15) is 5.11 Å². The van der Waals surface area contributed by atoms with Gasteiger partial charge in [-0.3, -0.25) is 0 Å². The van der Waals surface area contributed by atoms with Gasteiger partial charge in [0.2, 0.25) is 0 Å². The molecule has 0 amide bonds. The van der Waals surface area contributed by atoms with Gasteiger partial charge >= 0.3 is 0 Å². The van der Waals surface area contributed by atoms with Crippen molar-refractivity contribution >= 4 is 40.5 Å². The molecule has 1 aromatic rings. The second-order valence-electron chi connectivity index (χ2n) is 3.91. The lowest BCUT2D eigenvalue weighted by Crippen LogP contribution is -2.20. The van der Waals surface area contributed by atoms with Gasteiger partial charge in [0.15, 0.2) is 0 Å². The van der Waals surface area contributed by atoms with Crippen molar-refractivity contribution in [2.45, 2.75) is 19.2 Å². The zero-order valence-electron chi connectivity index (χ0n) is 9.06. The summed E-state index contributed by atoms with van der Waals surface area (Å²) in [5.41, 5.74) is 0.392. The molecular weight excluding hydrogens is 268 g/mol. The van der Waals surface area contributed by atoms with Crippen LogP contribution in [0.5, 0.6) is 5.75 Å². The Morgan fingerprint density at radius 1 is 1.31 bits per heavy atom. The predicted molar refractivity (Wildman–Crippen MR) is 68.9 cm³/mol. The van der Waals surface area contributed by atoms with Crippen LogP contribution in [0.3, 0.4) is 0 Å². The van der Waals surface area contributed by atoms with Gasteiger partial charge in [-0.15, -0.1) is 11.6 Å². The predicted octanol–water partition coefficient (Wildman–Crippen LogP) is 3.74. The molecule has 1 aromatic carbocycles. The van der Waals surface area contributed by atoms with E-state index in [4.69, 9.17) is 34.8 Å². The minimum atomic E-state index is -0.251. The first-order valence-corrected chi connectivity index (χ1v) is 6.15. The number of anilines is 1. The molecule has 0 aliphatic rings. The Morgan fingerprint density at radius 2 is 1.94 bits per heavy atom. The van der Waals surface area contributed by atoms with Gasteiger partial charge in [-0.25, -0.2) is 0 Å². The molecule has 2 nitrogen and oxygen atoms in total. The van der Waals surface area contributed by atoms with Gasteiger partial charge in [0.05, 0.1) is 5.38 Å². The Labute approximate surface area is 111 Å². The molecule has 5 heteroatoms. The fraction of sp³-hybridized carbons (Fsp3) is 0.455. The topological polar surface area (TPSA) is 35.1 Å². The summed E-state index contributed by atoms with van der Waals surface area (Å²) >= 11 is 17.6.